The molecule has 0 aromatic heterocycles. The third kappa shape index (κ3) is 6.20. The summed E-state index contributed by atoms with van der Waals surface area (Å²) in [5.74, 6) is 1.05. The molecule has 0 aliphatic carbocycles. The second kappa shape index (κ2) is 11.8. The molecular weight excluding hydrogens is 425 g/mol. The SMILES string of the molecule is CBCCOc1ccc(C(=O)Nc2cc(-c3ccccc3)ccc2[C@H]2CO2)c(OCCCC)c1. The van der Waals surface area contributed by atoms with Crippen molar-refractivity contribution in [3.8, 4) is 22.6 Å². The molecular formula is C28H32BNO4. The van der Waals surface area contributed by atoms with E-state index < -0.39 is 0 Å². The second-order valence-corrected chi connectivity index (χ2v) is 8.51. The number of unbranched alkanes of at least 4 members (excludes halogenated alkanes) is 1. The summed E-state index contributed by atoms with van der Waals surface area (Å²) in [7, 11) is 1.06. The zero-order valence-electron chi connectivity index (χ0n) is 20.0. The summed E-state index contributed by atoms with van der Waals surface area (Å²) in [6.45, 7) is 6.11. The van der Waals surface area contributed by atoms with Crippen molar-refractivity contribution in [1.82, 2.24) is 0 Å². The fourth-order valence-electron chi connectivity index (χ4n) is 3.73. The van der Waals surface area contributed by atoms with Crippen molar-refractivity contribution in [2.75, 3.05) is 25.1 Å². The van der Waals surface area contributed by atoms with Gasteiger partial charge in [-0.2, -0.15) is 0 Å². The lowest BCUT2D eigenvalue weighted by atomic mass is 9.79. The van der Waals surface area contributed by atoms with Crippen LogP contribution in [0.5, 0.6) is 11.5 Å². The summed E-state index contributed by atoms with van der Waals surface area (Å²) >= 11 is 0. The third-order valence-corrected chi connectivity index (χ3v) is 5.81. The number of nitrogens with one attached hydrogen (secondary N) is 1. The number of benzene rings is 3. The van der Waals surface area contributed by atoms with Crippen LogP contribution in [0.4, 0.5) is 5.69 Å². The number of hydrogen-bond acceptors (Lipinski definition) is 4. The van der Waals surface area contributed by atoms with Crippen LogP contribution in [0.1, 0.15) is 41.8 Å². The van der Waals surface area contributed by atoms with Gasteiger partial charge in [0.15, 0.2) is 0 Å². The van der Waals surface area contributed by atoms with Gasteiger partial charge >= 0.3 is 0 Å². The molecule has 0 saturated carbocycles. The summed E-state index contributed by atoms with van der Waals surface area (Å²) in [4.78, 5) is 13.4. The number of hydrogen-bond donors (Lipinski definition) is 1. The van der Waals surface area contributed by atoms with Gasteiger partial charge in [-0.1, -0.05) is 62.6 Å². The molecule has 3 aromatic rings. The van der Waals surface area contributed by atoms with E-state index in [1.165, 1.54) is 0 Å². The molecule has 1 aliphatic heterocycles. The zero-order chi connectivity index (χ0) is 23.8. The first-order chi connectivity index (χ1) is 16.7. The molecule has 34 heavy (non-hydrogen) atoms. The Morgan fingerprint density at radius 3 is 2.59 bits per heavy atom. The summed E-state index contributed by atoms with van der Waals surface area (Å²) in [5, 5.41) is 3.12. The minimum absolute atomic E-state index is 0.0229. The van der Waals surface area contributed by atoms with E-state index in [1.54, 1.807) is 6.07 Å². The van der Waals surface area contributed by atoms with Crippen LogP contribution < -0.4 is 14.8 Å². The molecule has 1 amide bonds. The van der Waals surface area contributed by atoms with E-state index in [2.05, 4.69) is 37.3 Å². The highest BCUT2D eigenvalue weighted by atomic mass is 16.6. The van der Waals surface area contributed by atoms with Gasteiger partial charge in [0.05, 0.1) is 25.4 Å². The highest BCUT2D eigenvalue weighted by Crippen LogP contribution is 2.38. The van der Waals surface area contributed by atoms with E-state index in [1.807, 2.05) is 42.5 Å². The van der Waals surface area contributed by atoms with Crippen LogP contribution >= 0.6 is 0 Å². The van der Waals surface area contributed by atoms with Crippen molar-refractivity contribution in [2.24, 2.45) is 0 Å². The minimum Gasteiger partial charge on any atom is -0.494 e. The maximum atomic E-state index is 13.4. The summed E-state index contributed by atoms with van der Waals surface area (Å²) in [6, 6.07) is 21.7. The molecule has 0 bridgehead atoms. The average molecular weight is 457 g/mol. The lowest BCUT2D eigenvalue weighted by Crippen LogP contribution is -2.15. The summed E-state index contributed by atoms with van der Waals surface area (Å²) < 4.78 is 17.4. The Balaban J connectivity index is 1.59. The van der Waals surface area contributed by atoms with Crippen molar-refractivity contribution >= 4 is 18.9 Å². The fourth-order valence-corrected chi connectivity index (χ4v) is 3.73. The highest BCUT2D eigenvalue weighted by Gasteiger charge is 2.28. The van der Waals surface area contributed by atoms with Gasteiger partial charge < -0.3 is 19.5 Å². The van der Waals surface area contributed by atoms with Crippen LogP contribution in [-0.4, -0.2) is 33.0 Å². The minimum atomic E-state index is -0.210. The number of anilines is 1. The van der Waals surface area contributed by atoms with Crippen molar-refractivity contribution in [1.29, 1.82) is 0 Å². The number of carbonyl (C=O) groups excluding carboxylic acids is 1. The van der Waals surface area contributed by atoms with Crippen LogP contribution in [0, 0.1) is 0 Å². The monoisotopic (exact) mass is 457 g/mol. The molecule has 6 heteroatoms. The molecule has 0 unspecified atom stereocenters. The molecule has 3 aromatic carbocycles. The Labute approximate surface area is 202 Å². The molecule has 5 nitrogen and oxygen atoms in total. The molecule has 1 heterocycles. The van der Waals surface area contributed by atoms with Crippen LogP contribution in [0.25, 0.3) is 11.1 Å². The number of carbonyl (C=O) groups is 1. The van der Waals surface area contributed by atoms with Gasteiger partial charge in [-0.05, 0) is 42.1 Å². The topological polar surface area (TPSA) is 60.1 Å². The number of ether oxygens (including phenoxy) is 3. The maximum absolute atomic E-state index is 13.4. The van der Waals surface area contributed by atoms with Crippen LogP contribution in [0.2, 0.25) is 13.1 Å². The van der Waals surface area contributed by atoms with Crippen LogP contribution in [-0.2, 0) is 4.74 Å². The smallest absolute Gasteiger partial charge is 0.259 e. The molecule has 176 valence electrons. The number of epoxide rings is 1. The van der Waals surface area contributed by atoms with E-state index in [4.69, 9.17) is 14.2 Å². The molecule has 0 radical (unpaired) electrons. The molecule has 1 aliphatic rings. The molecule has 1 fully saturated rings. The van der Waals surface area contributed by atoms with Crippen molar-refractivity contribution in [2.45, 2.75) is 39.0 Å². The van der Waals surface area contributed by atoms with Gasteiger partial charge in [-0.25, -0.2) is 0 Å². The van der Waals surface area contributed by atoms with Gasteiger partial charge in [0.25, 0.3) is 5.91 Å². The Hall–Kier alpha value is -3.25. The Kier molecular flexibility index (Phi) is 8.26. The Morgan fingerprint density at radius 2 is 1.85 bits per heavy atom. The normalized spacial score (nSPS) is 14.4. The van der Waals surface area contributed by atoms with Crippen molar-refractivity contribution < 1.29 is 19.0 Å². The molecule has 0 spiro atoms. The van der Waals surface area contributed by atoms with E-state index in [9.17, 15) is 4.79 Å². The lowest BCUT2D eigenvalue weighted by Gasteiger charge is -2.16. The third-order valence-electron chi connectivity index (χ3n) is 5.81. The highest BCUT2D eigenvalue weighted by molar-refractivity contribution is 6.33. The largest absolute Gasteiger partial charge is 0.494 e. The van der Waals surface area contributed by atoms with Gasteiger partial charge in [0.1, 0.15) is 24.9 Å². The zero-order valence-corrected chi connectivity index (χ0v) is 20.0. The van der Waals surface area contributed by atoms with E-state index in [0.29, 0.717) is 31.1 Å². The first-order valence-electron chi connectivity index (χ1n) is 12.2. The van der Waals surface area contributed by atoms with Gasteiger partial charge in [-0.3, -0.25) is 4.79 Å². The molecule has 4 rings (SSSR count). The van der Waals surface area contributed by atoms with E-state index in [0.717, 1.165) is 54.6 Å². The van der Waals surface area contributed by atoms with E-state index in [-0.39, 0.29) is 12.0 Å². The number of rotatable bonds is 12. The quantitative estimate of drug-likeness (QED) is 0.202. The van der Waals surface area contributed by atoms with Crippen molar-refractivity contribution in [3.63, 3.8) is 0 Å². The molecule has 1 atom stereocenters. The number of amides is 1. The summed E-state index contributed by atoms with van der Waals surface area (Å²) in [6.07, 6.45) is 2.95. The first kappa shape index (κ1) is 23.9. The average Bonchev–Trinajstić information content (AvgIpc) is 3.70. The molecule has 1 saturated heterocycles. The van der Waals surface area contributed by atoms with Gasteiger partial charge in [-0.15, -0.1) is 0 Å². The Bertz CT molecular complexity index is 1100. The van der Waals surface area contributed by atoms with Gasteiger partial charge in [0, 0.05) is 17.3 Å². The Morgan fingerprint density at radius 1 is 1.03 bits per heavy atom. The predicted octanol–water partition coefficient (Wildman–Crippen LogP) is 6.14. The standard InChI is InChI=1S/C28H32BNO4/c1-3-4-15-33-26-18-22(32-16-14-29-2)11-13-24(26)28(31)30-25-17-21(20-8-6-5-7-9-20)10-12-23(25)27-19-34-27/h5-13,17-18,27,29H,3-4,14-16,19H2,1-2H3,(H,30,31)/t27-/m1/s1. The summed E-state index contributed by atoms with van der Waals surface area (Å²) in [5.41, 5.74) is 4.38. The maximum Gasteiger partial charge on any atom is 0.259 e. The lowest BCUT2D eigenvalue weighted by molar-refractivity contribution is 0.102. The fraction of sp³-hybridized carbons (Fsp3) is 0.321. The van der Waals surface area contributed by atoms with Crippen molar-refractivity contribution in [3.05, 3.63) is 77.9 Å². The molecule has 1 N–H and O–H groups in total. The van der Waals surface area contributed by atoms with E-state index >= 15 is 0 Å². The second-order valence-electron chi connectivity index (χ2n) is 8.51. The van der Waals surface area contributed by atoms with Gasteiger partial charge in [0.2, 0.25) is 0 Å². The first-order valence-corrected chi connectivity index (χ1v) is 12.2. The van der Waals surface area contributed by atoms with Crippen LogP contribution in [0.15, 0.2) is 66.7 Å². The van der Waals surface area contributed by atoms with Crippen LogP contribution in [0.3, 0.4) is 0 Å². The predicted molar refractivity (Wildman–Crippen MR) is 139 cm³/mol.